The molecule has 1 aromatic carbocycles. The van der Waals surface area contributed by atoms with E-state index in [-0.39, 0.29) is 5.54 Å². The third-order valence-corrected chi connectivity index (χ3v) is 3.89. The van der Waals surface area contributed by atoms with Gasteiger partial charge in [-0.05, 0) is 51.3 Å². The molecule has 1 heterocycles. The van der Waals surface area contributed by atoms with Crippen LogP contribution in [0.1, 0.15) is 32.3 Å². The maximum absolute atomic E-state index is 6.19. The molecule has 1 aromatic rings. The lowest BCUT2D eigenvalue weighted by Gasteiger charge is -2.38. The fourth-order valence-corrected chi connectivity index (χ4v) is 2.68. The minimum Gasteiger partial charge on any atom is -0.325 e. The molecular weight excluding hydrogens is 208 g/mol. The van der Waals surface area contributed by atoms with Gasteiger partial charge >= 0.3 is 0 Å². The number of piperidine rings is 1. The van der Waals surface area contributed by atoms with Crippen molar-refractivity contribution < 1.29 is 0 Å². The van der Waals surface area contributed by atoms with Crippen LogP contribution < -0.4 is 5.73 Å². The van der Waals surface area contributed by atoms with Crippen molar-refractivity contribution in [1.29, 1.82) is 0 Å². The summed E-state index contributed by atoms with van der Waals surface area (Å²) in [5.41, 5.74) is 7.59. The van der Waals surface area contributed by atoms with Gasteiger partial charge in [-0.3, -0.25) is 4.90 Å². The van der Waals surface area contributed by atoms with Crippen molar-refractivity contribution >= 4 is 0 Å². The van der Waals surface area contributed by atoms with E-state index in [0.717, 1.165) is 6.54 Å². The minimum absolute atomic E-state index is 0.0150. The van der Waals surface area contributed by atoms with Crippen LogP contribution in [0.5, 0.6) is 0 Å². The molecule has 0 amide bonds. The van der Waals surface area contributed by atoms with Crippen LogP contribution in [0.15, 0.2) is 30.3 Å². The van der Waals surface area contributed by atoms with Gasteiger partial charge in [0.15, 0.2) is 0 Å². The van der Waals surface area contributed by atoms with E-state index in [9.17, 15) is 0 Å². The van der Waals surface area contributed by atoms with E-state index in [1.807, 2.05) is 0 Å². The van der Waals surface area contributed by atoms with Crippen molar-refractivity contribution in [2.24, 2.45) is 11.7 Å². The van der Waals surface area contributed by atoms with Gasteiger partial charge in [-0.2, -0.15) is 0 Å². The van der Waals surface area contributed by atoms with E-state index in [0.29, 0.717) is 5.92 Å². The molecule has 2 nitrogen and oxygen atoms in total. The number of likely N-dealkylation sites (tertiary alicyclic amines) is 1. The highest BCUT2D eigenvalue weighted by atomic mass is 15.1. The molecule has 1 aliphatic rings. The second-order valence-corrected chi connectivity index (χ2v) is 5.86. The highest BCUT2D eigenvalue weighted by Crippen LogP contribution is 2.26. The smallest absolute Gasteiger partial charge is 0.0233 e. The van der Waals surface area contributed by atoms with E-state index in [1.54, 1.807) is 0 Å². The van der Waals surface area contributed by atoms with Crippen LogP contribution >= 0.6 is 0 Å². The Kier molecular flexibility index (Phi) is 3.85. The van der Waals surface area contributed by atoms with E-state index >= 15 is 0 Å². The Morgan fingerprint density at radius 2 is 1.76 bits per heavy atom. The number of nitrogens with two attached hydrogens (primary N) is 1. The lowest BCUT2D eigenvalue weighted by atomic mass is 9.81. The van der Waals surface area contributed by atoms with Crippen LogP contribution in [-0.2, 0) is 6.54 Å². The molecule has 0 aromatic heterocycles. The summed E-state index contributed by atoms with van der Waals surface area (Å²) in [6.07, 6.45) is 2.46. The van der Waals surface area contributed by atoms with Gasteiger partial charge in [-0.25, -0.2) is 0 Å². The second kappa shape index (κ2) is 5.19. The van der Waals surface area contributed by atoms with Gasteiger partial charge in [0.2, 0.25) is 0 Å². The van der Waals surface area contributed by atoms with Crippen LogP contribution in [0.3, 0.4) is 0 Å². The SMILES string of the molecule is CC(C)(N)C1CCN(Cc2ccccc2)CC1. The number of nitrogens with zero attached hydrogens (tertiary/aromatic N) is 1. The second-order valence-electron chi connectivity index (χ2n) is 5.86. The first-order chi connectivity index (χ1) is 8.05. The lowest BCUT2D eigenvalue weighted by molar-refractivity contribution is 0.138. The molecule has 2 rings (SSSR count). The van der Waals surface area contributed by atoms with Crippen molar-refractivity contribution in [3.8, 4) is 0 Å². The topological polar surface area (TPSA) is 29.3 Å². The molecule has 1 saturated heterocycles. The van der Waals surface area contributed by atoms with Crippen molar-refractivity contribution in [1.82, 2.24) is 4.90 Å². The van der Waals surface area contributed by atoms with Crippen molar-refractivity contribution in [2.45, 2.75) is 38.8 Å². The molecule has 1 fully saturated rings. The van der Waals surface area contributed by atoms with E-state index < -0.39 is 0 Å². The Labute approximate surface area is 105 Å². The summed E-state index contributed by atoms with van der Waals surface area (Å²) in [6.45, 7) is 7.76. The predicted molar refractivity (Wildman–Crippen MR) is 72.7 cm³/mol. The van der Waals surface area contributed by atoms with Gasteiger partial charge in [-0.1, -0.05) is 30.3 Å². The predicted octanol–water partition coefficient (Wildman–Crippen LogP) is 2.64. The normalized spacial score (nSPS) is 19.5. The van der Waals surface area contributed by atoms with Crippen molar-refractivity contribution in [3.05, 3.63) is 35.9 Å². The summed E-state index contributed by atoms with van der Waals surface area (Å²) in [5.74, 6) is 0.675. The van der Waals surface area contributed by atoms with Crippen LogP contribution in [-0.4, -0.2) is 23.5 Å². The molecule has 94 valence electrons. The summed E-state index contributed by atoms with van der Waals surface area (Å²) in [5, 5.41) is 0. The first kappa shape index (κ1) is 12.6. The van der Waals surface area contributed by atoms with Crippen molar-refractivity contribution in [2.75, 3.05) is 13.1 Å². The molecule has 2 N–H and O–H groups in total. The highest BCUT2D eigenvalue weighted by Gasteiger charge is 2.28. The lowest BCUT2D eigenvalue weighted by Crippen LogP contribution is -2.46. The van der Waals surface area contributed by atoms with Gasteiger partial charge in [0, 0.05) is 12.1 Å². The zero-order chi connectivity index (χ0) is 12.3. The Morgan fingerprint density at radius 3 is 2.29 bits per heavy atom. The molecule has 0 atom stereocenters. The zero-order valence-corrected chi connectivity index (χ0v) is 11.0. The van der Waals surface area contributed by atoms with Gasteiger partial charge in [0.05, 0.1) is 0 Å². The molecule has 0 bridgehead atoms. The maximum atomic E-state index is 6.19. The number of benzene rings is 1. The quantitative estimate of drug-likeness (QED) is 0.868. The third kappa shape index (κ3) is 3.55. The Hall–Kier alpha value is -0.860. The van der Waals surface area contributed by atoms with Crippen LogP contribution in [0.4, 0.5) is 0 Å². The molecule has 1 aliphatic heterocycles. The van der Waals surface area contributed by atoms with E-state index in [4.69, 9.17) is 5.73 Å². The molecule has 0 unspecified atom stereocenters. The fourth-order valence-electron chi connectivity index (χ4n) is 2.68. The van der Waals surface area contributed by atoms with Gasteiger partial charge in [-0.15, -0.1) is 0 Å². The first-order valence-electron chi connectivity index (χ1n) is 6.61. The zero-order valence-electron chi connectivity index (χ0n) is 11.0. The molecular formula is C15H24N2. The van der Waals surface area contributed by atoms with E-state index in [2.05, 4.69) is 49.1 Å². The molecule has 0 saturated carbocycles. The first-order valence-corrected chi connectivity index (χ1v) is 6.61. The summed E-state index contributed by atoms with van der Waals surface area (Å²) in [6, 6.07) is 10.7. The molecule has 17 heavy (non-hydrogen) atoms. The molecule has 0 spiro atoms. The highest BCUT2D eigenvalue weighted by molar-refractivity contribution is 5.14. The average Bonchev–Trinajstić information content (AvgIpc) is 2.30. The van der Waals surface area contributed by atoms with Gasteiger partial charge in [0.25, 0.3) is 0 Å². The molecule has 0 radical (unpaired) electrons. The molecule has 2 heteroatoms. The number of hydrogen-bond donors (Lipinski definition) is 1. The average molecular weight is 232 g/mol. The largest absolute Gasteiger partial charge is 0.325 e. The van der Waals surface area contributed by atoms with E-state index in [1.165, 1.54) is 31.5 Å². The summed E-state index contributed by atoms with van der Waals surface area (Å²) in [7, 11) is 0. The van der Waals surface area contributed by atoms with Crippen LogP contribution in [0.25, 0.3) is 0 Å². The number of hydrogen-bond acceptors (Lipinski definition) is 2. The standard InChI is InChI=1S/C15H24N2/c1-15(2,16)14-8-10-17(11-9-14)12-13-6-4-3-5-7-13/h3-7,14H,8-12,16H2,1-2H3. The molecule has 0 aliphatic carbocycles. The summed E-state index contributed by atoms with van der Waals surface area (Å²) in [4.78, 5) is 2.54. The fraction of sp³-hybridized carbons (Fsp3) is 0.600. The monoisotopic (exact) mass is 232 g/mol. The van der Waals surface area contributed by atoms with Crippen LogP contribution in [0, 0.1) is 5.92 Å². The Bertz CT molecular complexity index is 332. The van der Waals surface area contributed by atoms with Crippen molar-refractivity contribution in [3.63, 3.8) is 0 Å². The summed E-state index contributed by atoms with van der Waals surface area (Å²) < 4.78 is 0. The minimum atomic E-state index is -0.0150. The number of rotatable bonds is 3. The Morgan fingerprint density at radius 1 is 1.18 bits per heavy atom. The third-order valence-electron chi connectivity index (χ3n) is 3.89. The van der Waals surface area contributed by atoms with Crippen LogP contribution in [0.2, 0.25) is 0 Å². The van der Waals surface area contributed by atoms with Gasteiger partial charge in [0.1, 0.15) is 0 Å². The van der Waals surface area contributed by atoms with Gasteiger partial charge < -0.3 is 5.73 Å². The summed E-state index contributed by atoms with van der Waals surface area (Å²) >= 11 is 0. The Balaban J connectivity index is 1.84. The maximum Gasteiger partial charge on any atom is 0.0233 e.